The molecule has 0 amide bonds. The fourth-order valence-corrected chi connectivity index (χ4v) is 3.29. The lowest BCUT2D eigenvalue weighted by Gasteiger charge is -2.29. The van der Waals surface area contributed by atoms with Crippen molar-refractivity contribution in [1.29, 1.82) is 0 Å². The van der Waals surface area contributed by atoms with Gasteiger partial charge in [0.15, 0.2) is 0 Å². The number of allylic oxidation sites excluding steroid dienone is 8. The third-order valence-corrected chi connectivity index (χ3v) is 4.38. The van der Waals surface area contributed by atoms with Gasteiger partial charge >= 0.3 is 0 Å². The maximum atomic E-state index is 2.39. The van der Waals surface area contributed by atoms with E-state index in [-0.39, 0.29) is 0 Å². The van der Waals surface area contributed by atoms with E-state index in [2.05, 4.69) is 78.9 Å². The molecule has 0 heteroatoms. The third-order valence-electron chi connectivity index (χ3n) is 4.38. The molecule has 0 bridgehead atoms. The predicted molar refractivity (Wildman–Crippen MR) is 86.6 cm³/mol. The van der Waals surface area contributed by atoms with Crippen molar-refractivity contribution in [1.82, 2.24) is 0 Å². The molecule has 0 aromatic heterocycles. The molecule has 2 aliphatic rings. The minimum absolute atomic E-state index is 0.624. The van der Waals surface area contributed by atoms with Gasteiger partial charge in [-0.1, -0.05) is 78.9 Å². The van der Waals surface area contributed by atoms with Gasteiger partial charge in [0.05, 0.1) is 0 Å². The average Bonchev–Trinajstić information content (AvgIpc) is 2.55. The number of hydrogen-bond acceptors (Lipinski definition) is 0. The summed E-state index contributed by atoms with van der Waals surface area (Å²) in [4.78, 5) is 0. The summed E-state index contributed by atoms with van der Waals surface area (Å²) < 4.78 is 0. The Morgan fingerprint density at radius 1 is 0.850 bits per heavy atom. The average molecular weight is 262 g/mol. The highest BCUT2D eigenvalue weighted by molar-refractivity contribution is 5.25. The largest absolute Gasteiger partial charge is 0.0840 e. The van der Waals surface area contributed by atoms with Crippen LogP contribution >= 0.6 is 0 Å². The Kier molecular flexibility index (Phi) is 4.32. The van der Waals surface area contributed by atoms with Gasteiger partial charge in [0, 0.05) is 0 Å². The Hall–Kier alpha value is -1.82. The van der Waals surface area contributed by atoms with E-state index >= 15 is 0 Å². The van der Waals surface area contributed by atoms with Crippen LogP contribution < -0.4 is 0 Å². The molecule has 102 valence electrons. The summed E-state index contributed by atoms with van der Waals surface area (Å²) in [6.07, 6.45) is 21.7. The van der Waals surface area contributed by atoms with Crippen molar-refractivity contribution in [2.45, 2.75) is 25.2 Å². The summed E-state index contributed by atoms with van der Waals surface area (Å²) in [6, 6.07) is 11.0. The molecular weight excluding hydrogens is 240 g/mol. The van der Waals surface area contributed by atoms with Crippen LogP contribution in [0.2, 0.25) is 0 Å². The van der Waals surface area contributed by atoms with E-state index in [0.29, 0.717) is 17.8 Å². The quantitative estimate of drug-likeness (QED) is 0.679. The molecule has 3 atom stereocenters. The molecule has 0 N–H and O–H groups in total. The molecule has 0 heterocycles. The lowest BCUT2D eigenvalue weighted by atomic mass is 9.76. The molecule has 3 unspecified atom stereocenters. The van der Waals surface area contributed by atoms with Gasteiger partial charge in [0.2, 0.25) is 0 Å². The molecular formula is C20H22. The van der Waals surface area contributed by atoms with Gasteiger partial charge < -0.3 is 0 Å². The highest BCUT2D eigenvalue weighted by Gasteiger charge is 2.23. The third kappa shape index (κ3) is 3.19. The van der Waals surface area contributed by atoms with E-state index in [4.69, 9.17) is 0 Å². The Bertz CT molecular complexity index is 530. The van der Waals surface area contributed by atoms with Crippen molar-refractivity contribution in [2.75, 3.05) is 0 Å². The first-order chi connectivity index (χ1) is 9.93. The normalized spacial score (nSPS) is 25.8. The van der Waals surface area contributed by atoms with Gasteiger partial charge in [0.1, 0.15) is 0 Å². The summed E-state index contributed by atoms with van der Waals surface area (Å²) in [6.45, 7) is 0. The van der Waals surface area contributed by atoms with E-state index in [1.165, 1.54) is 24.8 Å². The Morgan fingerprint density at radius 3 is 2.25 bits per heavy atom. The zero-order chi connectivity index (χ0) is 13.6. The van der Waals surface area contributed by atoms with Crippen LogP contribution in [0.25, 0.3) is 0 Å². The van der Waals surface area contributed by atoms with Crippen LogP contribution in [-0.2, 0) is 0 Å². The van der Waals surface area contributed by atoms with Crippen molar-refractivity contribution < 1.29 is 0 Å². The molecule has 0 saturated heterocycles. The minimum Gasteiger partial charge on any atom is -0.0840 e. The van der Waals surface area contributed by atoms with Crippen LogP contribution in [0.15, 0.2) is 78.9 Å². The Morgan fingerprint density at radius 2 is 1.60 bits per heavy atom. The fourth-order valence-electron chi connectivity index (χ4n) is 3.29. The van der Waals surface area contributed by atoms with E-state index in [9.17, 15) is 0 Å². The number of rotatable bonds is 4. The van der Waals surface area contributed by atoms with Crippen molar-refractivity contribution in [3.63, 3.8) is 0 Å². The van der Waals surface area contributed by atoms with Gasteiger partial charge in [-0.2, -0.15) is 0 Å². The standard InChI is InChI=1S/C20H22/c1-4-10-17(11-5-1)16-20(18-12-6-2-7-13-18)19-14-8-3-9-15-19/h1-10,12-14,17,19-20H,11,15-16H2. The van der Waals surface area contributed by atoms with Crippen molar-refractivity contribution in [3.8, 4) is 0 Å². The number of benzene rings is 1. The van der Waals surface area contributed by atoms with E-state index in [1.54, 1.807) is 0 Å². The predicted octanol–water partition coefficient (Wildman–Crippen LogP) is 5.42. The lowest BCUT2D eigenvalue weighted by Crippen LogP contribution is -2.15. The van der Waals surface area contributed by atoms with Gasteiger partial charge in [-0.15, -0.1) is 0 Å². The second-order valence-electron chi connectivity index (χ2n) is 5.77. The molecule has 0 nitrogen and oxygen atoms in total. The van der Waals surface area contributed by atoms with Gasteiger partial charge in [0.25, 0.3) is 0 Å². The van der Waals surface area contributed by atoms with Crippen LogP contribution in [0.4, 0.5) is 0 Å². The molecule has 2 aliphatic carbocycles. The first-order valence-corrected chi connectivity index (χ1v) is 7.65. The smallest absolute Gasteiger partial charge is 0.00902 e. The van der Waals surface area contributed by atoms with Gasteiger partial charge in [-0.3, -0.25) is 0 Å². The minimum atomic E-state index is 0.624. The molecule has 1 aromatic carbocycles. The van der Waals surface area contributed by atoms with Crippen LogP contribution in [0.3, 0.4) is 0 Å². The van der Waals surface area contributed by atoms with Crippen molar-refractivity contribution in [3.05, 3.63) is 84.5 Å². The molecule has 0 radical (unpaired) electrons. The molecule has 3 rings (SSSR count). The zero-order valence-electron chi connectivity index (χ0n) is 11.9. The molecule has 20 heavy (non-hydrogen) atoms. The SMILES string of the molecule is C1=CCC(CC(c2ccccc2)C2C=CC=CC2)C=C1. The van der Waals surface area contributed by atoms with E-state index in [1.807, 2.05) is 0 Å². The maximum absolute atomic E-state index is 2.39. The molecule has 0 saturated carbocycles. The van der Waals surface area contributed by atoms with Crippen LogP contribution in [0, 0.1) is 11.8 Å². The number of hydrogen-bond donors (Lipinski definition) is 0. The second kappa shape index (κ2) is 6.56. The summed E-state index contributed by atoms with van der Waals surface area (Å²) in [5, 5.41) is 0. The molecule has 0 fully saturated rings. The highest BCUT2D eigenvalue weighted by atomic mass is 14.3. The van der Waals surface area contributed by atoms with Crippen LogP contribution in [0.1, 0.15) is 30.7 Å². The van der Waals surface area contributed by atoms with E-state index < -0.39 is 0 Å². The summed E-state index contributed by atoms with van der Waals surface area (Å²) in [5.74, 6) is 1.95. The fraction of sp³-hybridized carbons (Fsp3) is 0.300. The topological polar surface area (TPSA) is 0 Å². The summed E-state index contributed by atoms with van der Waals surface area (Å²) in [7, 11) is 0. The second-order valence-corrected chi connectivity index (χ2v) is 5.77. The molecule has 0 aliphatic heterocycles. The van der Waals surface area contributed by atoms with Gasteiger partial charge in [-0.05, 0) is 42.6 Å². The Labute approximate surface area is 122 Å². The van der Waals surface area contributed by atoms with Crippen molar-refractivity contribution >= 4 is 0 Å². The monoisotopic (exact) mass is 262 g/mol. The summed E-state index contributed by atoms with van der Waals surface area (Å²) >= 11 is 0. The first-order valence-electron chi connectivity index (χ1n) is 7.65. The zero-order valence-corrected chi connectivity index (χ0v) is 11.9. The highest BCUT2D eigenvalue weighted by Crippen LogP contribution is 2.37. The Balaban J connectivity index is 1.79. The lowest BCUT2D eigenvalue weighted by molar-refractivity contribution is 0.420. The van der Waals surface area contributed by atoms with E-state index in [0.717, 1.165) is 0 Å². The molecule has 0 spiro atoms. The van der Waals surface area contributed by atoms with Gasteiger partial charge in [-0.25, -0.2) is 0 Å². The van der Waals surface area contributed by atoms with Crippen molar-refractivity contribution in [2.24, 2.45) is 11.8 Å². The van der Waals surface area contributed by atoms with Crippen LogP contribution in [0.5, 0.6) is 0 Å². The molecule has 1 aromatic rings. The maximum Gasteiger partial charge on any atom is -0.00902 e. The van der Waals surface area contributed by atoms with Crippen LogP contribution in [-0.4, -0.2) is 0 Å². The first kappa shape index (κ1) is 13.2. The summed E-state index contributed by atoms with van der Waals surface area (Å²) in [5.41, 5.74) is 1.49.